The average Bonchev–Trinajstić information content (AvgIpc) is 1.56. The number of rotatable bonds is 12. The van der Waals surface area contributed by atoms with E-state index in [0.717, 1.165) is 143 Å². The van der Waals surface area contributed by atoms with Crippen LogP contribution in [0.4, 0.5) is 0 Å². The van der Waals surface area contributed by atoms with Crippen molar-refractivity contribution in [2.45, 2.75) is 0 Å². The van der Waals surface area contributed by atoms with E-state index in [2.05, 4.69) is 321 Å². The Morgan fingerprint density at radius 2 is 0.673 bits per heavy atom. The molecule has 0 saturated carbocycles. The van der Waals surface area contributed by atoms with Crippen molar-refractivity contribution in [3.8, 4) is 55.9 Å². The van der Waals surface area contributed by atoms with Crippen LogP contribution >= 0.6 is 0 Å². The third-order valence-electron chi connectivity index (χ3n) is 20.0. The fourth-order valence-electron chi connectivity index (χ4n) is 15.2. The molecule has 10 heteroatoms. The summed E-state index contributed by atoms with van der Waals surface area (Å²) in [4.78, 5) is 10.4. The molecule has 4 aromatic heterocycles. The second kappa shape index (κ2) is 25.4. The Morgan fingerprint density at radius 1 is 0.279 bits per heavy atom. The van der Waals surface area contributed by atoms with Crippen LogP contribution in [0.3, 0.4) is 0 Å². The van der Waals surface area contributed by atoms with Crippen molar-refractivity contribution in [2.75, 3.05) is 10.9 Å². The van der Waals surface area contributed by atoms with Crippen LogP contribution in [0.15, 0.2) is 362 Å². The number of hydrogen-bond acceptors (Lipinski definition) is 2. The number of para-hydroxylation sites is 5. The first-order chi connectivity index (χ1) is 51.4. The van der Waals surface area contributed by atoms with E-state index in [0.29, 0.717) is 22.8 Å². The lowest BCUT2D eigenvalue weighted by atomic mass is 9.97. The molecule has 0 unspecified atom stereocenters. The largest absolute Gasteiger partial charge is 0.309 e. The highest BCUT2D eigenvalue weighted by Gasteiger charge is 2.24. The van der Waals surface area contributed by atoms with Gasteiger partial charge >= 0.3 is 0 Å². The van der Waals surface area contributed by atoms with Crippen molar-refractivity contribution in [3.05, 3.63) is 386 Å². The van der Waals surface area contributed by atoms with Crippen LogP contribution in [-0.4, -0.2) is 41.8 Å². The van der Waals surface area contributed by atoms with Crippen molar-refractivity contribution in [3.63, 3.8) is 0 Å². The number of amidine groups is 4. The predicted octanol–water partition coefficient (Wildman–Crippen LogP) is 22.4. The predicted molar refractivity (Wildman–Crippen MR) is 432 cm³/mol. The van der Waals surface area contributed by atoms with Crippen molar-refractivity contribution in [1.82, 2.24) is 18.5 Å². The van der Waals surface area contributed by atoms with E-state index in [9.17, 15) is 10.8 Å². The summed E-state index contributed by atoms with van der Waals surface area (Å²) in [6.45, 7) is 0. The van der Waals surface area contributed by atoms with E-state index in [1.165, 1.54) is 10.8 Å². The van der Waals surface area contributed by atoms with Gasteiger partial charge in [-0.25, -0.2) is 9.98 Å². The number of fused-ring (bicyclic) bond motifs is 14. The van der Waals surface area contributed by atoms with Gasteiger partial charge in [-0.1, -0.05) is 279 Å². The second-order valence-corrected chi connectivity index (χ2v) is 26.1. The van der Waals surface area contributed by atoms with Gasteiger partial charge in [-0.15, -0.1) is 0 Å². The van der Waals surface area contributed by atoms with E-state index < -0.39 is 0 Å². The first-order valence-corrected chi connectivity index (χ1v) is 34.8. The van der Waals surface area contributed by atoms with Gasteiger partial charge in [-0.3, -0.25) is 31.0 Å². The molecule has 0 spiro atoms. The minimum absolute atomic E-state index is 0.107. The highest BCUT2D eigenvalue weighted by Crippen LogP contribution is 2.43. The van der Waals surface area contributed by atoms with Crippen LogP contribution in [-0.2, 0) is 0 Å². The molecule has 0 aliphatic carbocycles. The Kier molecular flexibility index (Phi) is 14.8. The quantitative estimate of drug-likeness (QED) is 0.0721. The molecule has 0 bridgehead atoms. The molecular weight excluding hydrogens is 1270 g/mol. The summed E-state index contributed by atoms with van der Waals surface area (Å²) in [6.07, 6.45) is 0. The lowest BCUT2D eigenvalue weighted by Gasteiger charge is -2.16. The summed E-state index contributed by atoms with van der Waals surface area (Å²) < 4.78 is 8.93. The molecule has 4 N–H and O–H groups in total. The number of aliphatic imine (C=N–C) groups is 2. The van der Waals surface area contributed by atoms with Crippen LogP contribution in [0.25, 0.3) is 143 Å². The minimum atomic E-state index is 0.107. The molecule has 0 atom stereocenters. The van der Waals surface area contributed by atoms with E-state index in [-0.39, 0.29) is 11.7 Å². The summed E-state index contributed by atoms with van der Waals surface area (Å²) in [6, 6.07) is 128. The molecule has 19 aromatic rings. The third-order valence-corrected chi connectivity index (χ3v) is 20.0. The van der Waals surface area contributed by atoms with Gasteiger partial charge in [0.2, 0.25) is 0 Å². The average molecular weight is 1330 g/mol. The zero-order valence-corrected chi connectivity index (χ0v) is 56.2. The number of aromatic nitrogens is 4. The Balaban J connectivity index is 0.656. The summed E-state index contributed by atoms with van der Waals surface area (Å²) >= 11 is 0. The lowest BCUT2D eigenvalue weighted by Crippen LogP contribution is -2.25. The molecule has 4 heterocycles. The third kappa shape index (κ3) is 10.5. The fourth-order valence-corrected chi connectivity index (χ4v) is 15.2. The Hall–Kier alpha value is -14.4. The molecule has 0 radical (unpaired) electrons. The zero-order valence-electron chi connectivity index (χ0n) is 56.2. The summed E-state index contributed by atoms with van der Waals surface area (Å²) in [5.41, 5.74) is 29.2. The van der Waals surface area contributed by atoms with Gasteiger partial charge in [0.25, 0.3) is 0 Å². The molecular formula is C94H62N10. The highest BCUT2D eigenvalue weighted by atomic mass is 15.4. The fraction of sp³-hybridized carbons (Fsp3) is 0. The Bertz CT molecular complexity index is 6660. The first-order valence-electron chi connectivity index (χ1n) is 34.8. The standard InChI is InChI=1S/C94H62N10/c95-91(97-93(65-26-7-2-8-27-65)99-103-83-44-19-15-40-79(83)87-85(103)56-54-77-75-38-13-17-42-81(75)101(89(77)87)73-34-9-3-10-35-73)64-50-46-62(47-51-64)68-29-21-30-69(58-68)63-48-52-66(53-49-63)94(98-92(96)72-33-23-32-71(60-72)70-31-22-28-67(59-70)61-24-5-1-6-25-61)100-104-84-45-20-16-41-80(84)88-86(104)57-55-78-76-39-14-18-43-82(76)102(90(78)88)74-36-11-4-12-37-74/h1-11,13-36,38-60H,(H2,95,97,99)(H2,96,98,100). The van der Waals surface area contributed by atoms with Crippen LogP contribution in [0.1, 0.15) is 22.3 Å². The molecule has 0 aliphatic rings. The van der Waals surface area contributed by atoms with Crippen molar-refractivity contribution < 1.29 is 0 Å². The van der Waals surface area contributed by atoms with Gasteiger partial charge in [-0.05, 0) is 129 Å². The normalized spacial score (nSPS) is 12.0. The topological polar surface area (TPSA) is 116 Å². The van der Waals surface area contributed by atoms with Gasteiger partial charge in [0.05, 0.1) is 49.8 Å². The number of nitrogens with zero attached hydrogens (tertiary/aromatic N) is 6. The highest BCUT2D eigenvalue weighted by molar-refractivity contribution is 6.28. The number of benzene rings is 14. The molecule has 104 heavy (non-hydrogen) atoms. The van der Waals surface area contributed by atoms with Gasteiger partial charge in [0, 0.05) is 71.0 Å². The first kappa shape index (κ1) is 60.8. The Morgan fingerprint density at radius 3 is 1.21 bits per heavy atom. The van der Waals surface area contributed by atoms with Crippen molar-refractivity contribution in [1.29, 1.82) is 10.8 Å². The molecule has 0 saturated heterocycles. The molecule has 0 amide bonds. The maximum atomic E-state index is 9.85. The van der Waals surface area contributed by atoms with Crippen LogP contribution in [0.5, 0.6) is 0 Å². The molecule has 15 aromatic carbocycles. The van der Waals surface area contributed by atoms with Crippen molar-refractivity contribution in [2.24, 2.45) is 9.98 Å². The monoisotopic (exact) mass is 1330 g/mol. The lowest BCUT2D eigenvalue weighted by molar-refractivity contribution is 1.08. The number of nitrogens with one attached hydrogen (secondary N) is 4. The van der Waals surface area contributed by atoms with Gasteiger partial charge in [0.15, 0.2) is 23.3 Å². The van der Waals surface area contributed by atoms with E-state index >= 15 is 0 Å². The van der Waals surface area contributed by atoms with E-state index in [4.69, 9.17) is 9.98 Å². The zero-order chi connectivity index (χ0) is 69.2. The van der Waals surface area contributed by atoms with Crippen LogP contribution < -0.4 is 10.9 Å². The summed E-state index contributed by atoms with van der Waals surface area (Å²) in [7, 11) is 0. The van der Waals surface area contributed by atoms with Crippen LogP contribution in [0.2, 0.25) is 0 Å². The van der Waals surface area contributed by atoms with Gasteiger partial charge in [0.1, 0.15) is 0 Å². The molecule has 488 valence electrons. The molecule has 19 rings (SSSR count). The summed E-state index contributed by atoms with van der Waals surface area (Å²) in [5, 5.41) is 28.5. The maximum Gasteiger partial charge on any atom is 0.154 e. The maximum absolute atomic E-state index is 9.85. The Labute approximate surface area is 599 Å². The van der Waals surface area contributed by atoms with Crippen molar-refractivity contribution >= 4 is 111 Å². The second-order valence-electron chi connectivity index (χ2n) is 26.1. The number of hydrogen-bond donors (Lipinski definition) is 4. The van der Waals surface area contributed by atoms with Gasteiger partial charge in [-0.2, -0.15) is 0 Å². The van der Waals surface area contributed by atoms with E-state index in [1.54, 1.807) is 0 Å². The van der Waals surface area contributed by atoms with E-state index in [1.807, 2.05) is 72.8 Å². The summed E-state index contributed by atoms with van der Waals surface area (Å²) in [5.74, 6) is 1.27. The molecule has 0 fully saturated rings. The minimum Gasteiger partial charge on any atom is -0.309 e. The SMILES string of the molecule is N=C(N=C(Nn1c2ccccc2c2c1ccc1c3ccccc3n(-c3c#cccc3)c12)c1ccc(-c2cccc(-c3ccc(C(=N)N=C(Nn4c5ccccc5c5c4ccc4c6ccccc6n(-c6ccccc6)c45)c4ccccc4)cc3)c2)cc1)c1cccc(-c2cccc(-c3ccccc3)c2)c1. The molecule has 10 nitrogen and oxygen atoms in total. The van der Waals surface area contributed by atoms with Crippen LogP contribution in [0, 0.1) is 23.0 Å². The van der Waals surface area contributed by atoms with Gasteiger partial charge < -0.3 is 9.13 Å². The molecule has 0 aliphatic heterocycles. The smallest absolute Gasteiger partial charge is 0.154 e.